The molecule has 0 bridgehead atoms. The lowest BCUT2D eigenvalue weighted by Crippen LogP contribution is -2.40. The summed E-state index contributed by atoms with van der Waals surface area (Å²) in [4.78, 5) is 20.0. The Morgan fingerprint density at radius 3 is 2.86 bits per heavy atom. The van der Waals surface area contributed by atoms with E-state index in [4.69, 9.17) is 5.73 Å². The molecule has 2 aromatic rings. The van der Waals surface area contributed by atoms with Gasteiger partial charge in [0.2, 0.25) is 5.91 Å². The Kier molecular flexibility index (Phi) is 4.67. The summed E-state index contributed by atoms with van der Waals surface area (Å²) < 4.78 is 0. The molecule has 2 aromatic heterocycles. The number of nitrogens with two attached hydrogens (primary N) is 1. The summed E-state index contributed by atoms with van der Waals surface area (Å²) in [6.45, 7) is 2.41. The first-order chi connectivity index (χ1) is 10.3. The molecule has 0 aromatic carbocycles. The van der Waals surface area contributed by atoms with E-state index in [1.807, 2.05) is 21.7 Å². The highest BCUT2D eigenvalue weighted by Crippen LogP contribution is 2.28. The van der Waals surface area contributed by atoms with Crippen molar-refractivity contribution in [2.24, 2.45) is 11.7 Å². The Morgan fingerprint density at radius 1 is 1.38 bits per heavy atom. The minimum atomic E-state index is 0.188. The van der Waals surface area contributed by atoms with Crippen molar-refractivity contribution in [2.45, 2.75) is 19.3 Å². The average molecular weight is 321 g/mol. The second-order valence-electron chi connectivity index (χ2n) is 5.36. The predicted molar refractivity (Wildman–Crippen MR) is 87.5 cm³/mol. The maximum atomic E-state index is 12.3. The lowest BCUT2D eigenvalue weighted by molar-refractivity contribution is -0.131. The lowest BCUT2D eigenvalue weighted by atomic mass is 9.97. The first-order valence-corrected chi connectivity index (χ1v) is 8.98. The van der Waals surface area contributed by atoms with Crippen molar-refractivity contribution in [3.63, 3.8) is 0 Å². The van der Waals surface area contributed by atoms with Gasteiger partial charge in [0.15, 0.2) is 0 Å². The Bertz CT molecular complexity index is 586. The van der Waals surface area contributed by atoms with Gasteiger partial charge in [0.1, 0.15) is 5.01 Å². The third-order valence-electron chi connectivity index (χ3n) is 3.92. The Balaban J connectivity index is 1.58. The fourth-order valence-electron chi connectivity index (χ4n) is 2.59. The average Bonchev–Trinajstić information content (AvgIpc) is 3.18. The molecule has 1 saturated heterocycles. The van der Waals surface area contributed by atoms with Crippen LogP contribution in [0, 0.1) is 5.92 Å². The Hall–Kier alpha value is -1.24. The van der Waals surface area contributed by atoms with E-state index in [1.165, 1.54) is 4.88 Å². The normalized spacial score (nSPS) is 16.3. The number of piperidine rings is 1. The molecule has 4 nitrogen and oxygen atoms in total. The van der Waals surface area contributed by atoms with Gasteiger partial charge in [-0.25, -0.2) is 4.98 Å². The van der Waals surface area contributed by atoms with Crippen LogP contribution in [0.5, 0.6) is 0 Å². The number of carbonyl (C=O) groups excluding carboxylic acids is 1. The van der Waals surface area contributed by atoms with Crippen molar-refractivity contribution in [1.82, 2.24) is 9.88 Å². The van der Waals surface area contributed by atoms with Crippen molar-refractivity contribution < 1.29 is 4.79 Å². The molecule has 21 heavy (non-hydrogen) atoms. The first-order valence-electron chi connectivity index (χ1n) is 7.22. The number of hydrogen-bond donors (Lipinski definition) is 1. The molecule has 1 fully saturated rings. The summed E-state index contributed by atoms with van der Waals surface area (Å²) in [5.41, 5.74) is 6.57. The van der Waals surface area contributed by atoms with Crippen molar-refractivity contribution in [2.75, 3.05) is 19.6 Å². The molecule has 1 amide bonds. The minimum absolute atomic E-state index is 0.188. The summed E-state index contributed by atoms with van der Waals surface area (Å²) in [6.07, 6.45) is 2.47. The molecule has 0 unspecified atom stereocenters. The van der Waals surface area contributed by atoms with Gasteiger partial charge >= 0.3 is 0 Å². The van der Waals surface area contributed by atoms with Gasteiger partial charge < -0.3 is 10.6 Å². The molecule has 0 radical (unpaired) electrons. The zero-order valence-electron chi connectivity index (χ0n) is 11.8. The molecule has 1 aliphatic heterocycles. The van der Waals surface area contributed by atoms with Gasteiger partial charge in [0.25, 0.3) is 0 Å². The number of aromatic nitrogens is 1. The highest BCUT2D eigenvalue weighted by atomic mass is 32.1. The molecule has 1 aliphatic rings. The molecule has 0 aliphatic carbocycles. The van der Waals surface area contributed by atoms with Crippen LogP contribution in [0.2, 0.25) is 0 Å². The van der Waals surface area contributed by atoms with Gasteiger partial charge in [0.05, 0.1) is 17.0 Å². The zero-order valence-corrected chi connectivity index (χ0v) is 13.5. The van der Waals surface area contributed by atoms with Crippen molar-refractivity contribution >= 4 is 28.6 Å². The van der Waals surface area contributed by atoms with Crippen LogP contribution in [-0.2, 0) is 11.2 Å². The number of rotatable bonds is 4. The standard InChI is InChI=1S/C15H19N3OS2/c16-9-11-3-5-18(6-4-11)14(19)8-12-10-21-15(17-12)13-2-1-7-20-13/h1-2,7,10-11H,3-6,8-9,16H2. The number of likely N-dealkylation sites (tertiary alicyclic amines) is 1. The Labute approximate surface area is 132 Å². The maximum Gasteiger partial charge on any atom is 0.228 e. The number of carbonyl (C=O) groups is 1. The summed E-state index contributed by atoms with van der Waals surface area (Å²) in [5, 5.41) is 5.05. The highest BCUT2D eigenvalue weighted by Gasteiger charge is 2.22. The van der Waals surface area contributed by atoms with Crippen LogP contribution in [0.15, 0.2) is 22.9 Å². The predicted octanol–water partition coefficient (Wildman–Crippen LogP) is 2.61. The maximum absolute atomic E-state index is 12.3. The van der Waals surface area contributed by atoms with Crippen LogP contribution in [0.3, 0.4) is 0 Å². The summed E-state index contributed by atoms with van der Waals surface area (Å²) in [5.74, 6) is 0.771. The van der Waals surface area contributed by atoms with Gasteiger partial charge in [0, 0.05) is 18.5 Å². The molecule has 6 heteroatoms. The molecular weight excluding hydrogens is 302 g/mol. The summed E-state index contributed by atoms with van der Waals surface area (Å²) in [6, 6.07) is 4.08. The number of thiophene rings is 1. The first kappa shape index (κ1) is 14.7. The number of amides is 1. The van der Waals surface area contributed by atoms with Gasteiger partial charge in [-0.15, -0.1) is 22.7 Å². The highest BCUT2D eigenvalue weighted by molar-refractivity contribution is 7.20. The van der Waals surface area contributed by atoms with Gasteiger partial charge in [-0.05, 0) is 36.8 Å². The molecular formula is C15H19N3OS2. The van der Waals surface area contributed by atoms with E-state index in [-0.39, 0.29) is 5.91 Å². The van der Waals surface area contributed by atoms with Gasteiger partial charge in [-0.1, -0.05) is 6.07 Å². The van der Waals surface area contributed by atoms with E-state index in [0.717, 1.165) is 43.2 Å². The smallest absolute Gasteiger partial charge is 0.228 e. The fourth-order valence-corrected chi connectivity index (χ4v) is 4.22. The molecule has 2 N–H and O–H groups in total. The fraction of sp³-hybridized carbons (Fsp3) is 0.467. The van der Waals surface area contributed by atoms with E-state index < -0.39 is 0 Å². The molecule has 0 saturated carbocycles. The monoisotopic (exact) mass is 321 g/mol. The van der Waals surface area contributed by atoms with Crippen LogP contribution < -0.4 is 5.73 Å². The molecule has 112 valence electrons. The van der Waals surface area contributed by atoms with Gasteiger partial charge in [-0.2, -0.15) is 0 Å². The van der Waals surface area contributed by atoms with Crippen molar-refractivity contribution in [3.8, 4) is 9.88 Å². The van der Waals surface area contributed by atoms with E-state index in [1.54, 1.807) is 22.7 Å². The zero-order chi connectivity index (χ0) is 14.7. The summed E-state index contributed by atoms with van der Waals surface area (Å²) >= 11 is 3.29. The van der Waals surface area contributed by atoms with Crippen LogP contribution in [-0.4, -0.2) is 35.4 Å². The van der Waals surface area contributed by atoms with E-state index in [0.29, 0.717) is 12.3 Å². The Morgan fingerprint density at radius 2 is 2.19 bits per heavy atom. The third kappa shape index (κ3) is 3.51. The van der Waals surface area contributed by atoms with Crippen LogP contribution >= 0.6 is 22.7 Å². The van der Waals surface area contributed by atoms with E-state index >= 15 is 0 Å². The van der Waals surface area contributed by atoms with E-state index in [9.17, 15) is 4.79 Å². The van der Waals surface area contributed by atoms with E-state index in [2.05, 4.69) is 11.1 Å². The molecule has 0 spiro atoms. The third-order valence-corrected chi connectivity index (χ3v) is 5.85. The largest absolute Gasteiger partial charge is 0.342 e. The number of nitrogens with zero attached hydrogens (tertiary/aromatic N) is 2. The second kappa shape index (κ2) is 6.68. The number of thiazole rings is 1. The quantitative estimate of drug-likeness (QED) is 0.941. The number of hydrogen-bond acceptors (Lipinski definition) is 5. The van der Waals surface area contributed by atoms with Crippen molar-refractivity contribution in [3.05, 3.63) is 28.6 Å². The molecule has 3 heterocycles. The lowest BCUT2D eigenvalue weighted by Gasteiger charge is -2.31. The van der Waals surface area contributed by atoms with Crippen LogP contribution in [0.1, 0.15) is 18.5 Å². The minimum Gasteiger partial charge on any atom is -0.342 e. The second-order valence-corrected chi connectivity index (χ2v) is 7.16. The van der Waals surface area contributed by atoms with Crippen LogP contribution in [0.25, 0.3) is 9.88 Å². The van der Waals surface area contributed by atoms with Gasteiger partial charge in [-0.3, -0.25) is 4.79 Å². The SMILES string of the molecule is NCC1CCN(C(=O)Cc2csc(-c3cccs3)n2)CC1. The van der Waals surface area contributed by atoms with Crippen molar-refractivity contribution in [1.29, 1.82) is 0 Å². The van der Waals surface area contributed by atoms with Crippen LogP contribution in [0.4, 0.5) is 0 Å². The molecule has 3 rings (SSSR count). The summed E-state index contributed by atoms with van der Waals surface area (Å²) in [7, 11) is 0. The molecule has 0 atom stereocenters. The topological polar surface area (TPSA) is 59.2 Å².